The summed E-state index contributed by atoms with van der Waals surface area (Å²) >= 11 is 0. The number of hydrogen-bond acceptors (Lipinski definition) is 4. The zero-order valence-corrected chi connectivity index (χ0v) is 13.4. The van der Waals surface area contributed by atoms with Crippen LogP contribution < -0.4 is 9.47 Å². The summed E-state index contributed by atoms with van der Waals surface area (Å²) in [6, 6.07) is 14.7. The molecule has 0 aliphatic rings. The van der Waals surface area contributed by atoms with Gasteiger partial charge in [0, 0.05) is 24.7 Å². The molecule has 122 valence electrons. The van der Waals surface area contributed by atoms with Crippen LogP contribution >= 0.6 is 0 Å². The van der Waals surface area contributed by atoms with Crippen LogP contribution in [0.25, 0.3) is 0 Å². The van der Waals surface area contributed by atoms with E-state index in [0.717, 1.165) is 5.56 Å². The Morgan fingerprint density at radius 1 is 1.04 bits per heavy atom. The Labute approximate surface area is 136 Å². The second-order valence-electron chi connectivity index (χ2n) is 5.04. The molecule has 0 saturated heterocycles. The summed E-state index contributed by atoms with van der Waals surface area (Å²) in [5.74, 6) is 0.924. The van der Waals surface area contributed by atoms with E-state index in [1.807, 2.05) is 30.3 Å². The molecule has 2 rings (SSSR count). The maximum atomic E-state index is 12.8. The van der Waals surface area contributed by atoms with Crippen LogP contribution in [-0.2, 0) is 6.54 Å². The van der Waals surface area contributed by atoms with Crippen LogP contribution in [0.2, 0.25) is 0 Å². The van der Waals surface area contributed by atoms with Crippen molar-refractivity contribution in [1.29, 1.82) is 0 Å². The van der Waals surface area contributed by atoms with Crippen LogP contribution in [0.1, 0.15) is 15.9 Å². The standard InChI is InChI=1S/C18H21NO4/c1-22-16-10-15(11-17(12-16)23-2)18(21)19(8-9-20)13-14-6-4-3-5-7-14/h3-7,10-12,20H,8-9,13H2,1-2H3. The SMILES string of the molecule is COc1cc(OC)cc(C(=O)N(CCO)Cc2ccccc2)c1. The maximum absolute atomic E-state index is 12.8. The lowest BCUT2D eigenvalue weighted by molar-refractivity contribution is 0.0707. The van der Waals surface area contributed by atoms with E-state index in [1.165, 1.54) is 0 Å². The van der Waals surface area contributed by atoms with Crippen molar-refractivity contribution in [2.24, 2.45) is 0 Å². The van der Waals surface area contributed by atoms with Gasteiger partial charge in [-0.25, -0.2) is 0 Å². The van der Waals surface area contributed by atoms with Crippen molar-refractivity contribution in [2.45, 2.75) is 6.54 Å². The van der Waals surface area contributed by atoms with Gasteiger partial charge in [0.25, 0.3) is 5.91 Å². The van der Waals surface area contributed by atoms with Gasteiger partial charge in [0.2, 0.25) is 0 Å². The minimum atomic E-state index is -0.180. The first-order valence-electron chi connectivity index (χ1n) is 7.35. The number of carbonyl (C=O) groups excluding carboxylic acids is 1. The Morgan fingerprint density at radius 3 is 2.17 bits per heavy atom. The van der Waals surface area contributed by atoms with Gasteiger partial charge in [-0.15, -0.1) is 0 Å². The van der Waals surface area contributed by atoms with Gasteiger partial charge in [-0.2, -0.15) is 0 Å². The minimum absolute atomic E-state index is 0.0975. The number of benzene rings is 2. The Morgan fingerprint density at radius 2 is 1.65 bits per heavy atom. The molecule has 0 radical (unpaired) electrons. The van der Waals surface area contributed by atoms with E-state index < -0.39 is 0 Å². The van der Waals surface area contributed by atoms with Gasteiger partial charge in [-0.05, 0) is 17.7 Å². The van der Waals surface area contributed by atoms with E-state index in [2.05, 4.69) is 0 Å². The first-order chi connectivity index (χ1) is 11.2. The lowest BCUT2D eigenvalue weighted by Gasteiger charge is -2.22. The molecule has 0 aromatic heterocycles. The summed E-state index contributed by atoms with van der Waals surface area (Å²) in [7, 11) is 3.08. The molecule has 0 atom stereocenters. The van der Waals surface area contributed by atoms with E-state index in [-0.39, 0.29) is 19.1 Å². The minimum Gasteiger partial charge on any atom is -0.497 e. The fraction of sp³-hybridized carbons (Fsp3) is 0.278. The van der Waals surface area contributed by atoms with Crippen molar-refractivity contribution in [3.63, 3.8) is 0 Å². The summed E-state index contributed by atoms with van der Waals surface area (Å²) in [6.07, 6.45) is 0. The zero-order chi connectivity index (χ0) is 16.7. The summed E-state index contributed by atoms with van der Waals surface area (Å²) < 4.78 is 10.4. The fourth-order valence-electron chi connectivity index (χ4n) is 2.29. The molecule has 1 N–H and O–H groups in total. The van der Waals surface area contributed by atoms with Crippen LogP contribution in [0.5, 0.6) is 11.5 Å². The topological polar surface area (TPSA) is 59.0 Å². The van der Waals surface area contributed by atoms with Crippen LogP contribution in [0.4, 0.5) is 0 Å². The number of rotatable bonds is 7. The first-order valence-corrected chi connectivity index (χ1v) is 7.35. The number of carbonyl (C=O) groups is 1. The molecule has 0 heterocycles. The predicted molar refractivity (Wildman–Crippen MR) is 87.8 cm³/mol. The predicted octanol–water partition coefficient (Wildman–Crippen LogP) is 2.34. The molecule has 0 spiro atoms. The van der Waals surface area contributed by atoms with Crippen molar-refractivity contribution in [1.82, 2.24) is 4.90 Å². The number of nitrogens with zero attached hydrogens (tertiary/aromatic N) is 1. The number of aliphatic hydroxyl groups is 1. The molecule has 5 nitrogen and oxygen atoms in total. The Balaban J connectivity index is 2.26. The molecule has 2 aromatic rings. The van der Waals surface area contributed by atoms with E-state index in [4.69, 9.17) is 9.47 Å². The second kappa shape index (κ2) is 8.19. The monoisotopic (exact) mass is 315 g/mol. The van der Waals surface area contributed by atoms with Crippen LogP contribution in [0.3, 0.4) is 0 Å². The highest BCUT2D eigenvalue weighted by Crippen LogP contribution is 2.23. The average Bonchev–Trinajstić information content (AvgIpc) is 2.61. The maximum Gasteiger partial charge on any atom is 0.254 e. The highest BCUT2D eigenvalue weighted by atomic mass is 16.5. The fourth-order valence-corrected chi connectivity index (χ4v) is 2.29. The molecule has 0 aliphatic carbocycles. The third-order valence-corrected chi connectivity index (χ3v) is 3.47. The Kier molecular flexibility index (Phi) is 6.00. The summed E-state index contributed by atoms with van der Waals surface area (Å²) in [5.41, 5.74) is 1.47. The number of amides is 1. The van der Waals surface area contributed by atoms with Gasteiger partial charge >= 0.3 is 0 Å². The van der Waals surface area contributed by atoms with E-state index >= 15 is 0 Å². The molecule has 23 heavy (non-hydrogen) atoms. The molecule has 2 aromatic carbocycles. The number of methoxy groups -OCH3 is 2. The van der Waals surface area contributed by atoms with Gasteiger partial charge in [0.1, 0.15) is 11.5 Å². The van der Waals surface area contributed by atoms with E-state index in [1.54, 1.807) is 37.3 Å². The number of ether oxygens (including phenoxy) is 2. The van der Waals surface area contributed by atoms with Gasteiger partial charge in [-0.3, -0.25) is 4.79 Å². The smallest absolute Gasteiger partial charge is 0.254 e. The normalized spacial score (nSPS) is 10.2. The zero-order valence-electron chi connectivity index (χ0n) is 13.4. The van der Waals surface area contributed by atoms with Crippen molar-refractivity contribution >= 4 is 5.91 Å². The third-order valence-electron chi connectivity index (χ3n) is 3.47. The number of hydrogen-bond donors (Lipinski definition) is 1. The molecular formula is C18H21NO4. The third kappa shape index (κ3) is 4.47. The number of aliphatic hydroxyl groups excluding tert-OH is 1. The van der Waals surface area contributed by atoms with Crippen LogP contribution in [-0.4, -0.2) is 43.3 Å². The summed E-state index contributed by atoms with van der Waals surface area (Å²) in [6.45, 7) is 0.590. The van der Waals surface area contributed by atoms with Crippen LogP contribution in [0.15, 0.2) is 48.5 Å². The quantitative estimate of drug-likeness (QED) is 0.852. The van der Waals surface area contributed by atoms with Crippen molar-refractivity contribution in [2.75, 3.05) is 27.4 Å². The first kappa shape index (κ1) is 16.8. The molecule has 0 saturated carbocycles. The van der Waals surface area contributed by atoms with Crippen molar-refractivity contribution < 1.29 is 19.4 Å². The molecule has 0 aliphatic heterocycles. The summed E-state index contributed by atoms with van der Waals surface area (Å²) in [4.78, 5) is 14.4. The molecular weight excluding hydrogens is 294 g/mol. The lowest BCUT2D eigenvalue weighted by atomic mass is 10.1. The average molecular weight is 315 g/mol. The van der Waals surface area contributed by atoms with Crippen LogP contribution in [0, 0.1) is 0 Å². The molecule has 5 heteroatoms. The molecule has 0 unspecified atom stereocenters. The van der Waals surface area contributed by atoms with Gasteiger partial charge in [0.05, 0.1) is 20.8 Å². The molecule has 0 bridgehead atoms. The second-order valence-corrected chi connectivity index (χ2v) is 5.04. The van der Waals surface area contributed by atoms with E-state index in [9.17, 15) is 9.90 Å². The summed E-state index contributed by atoms with van der Waals surface area (Å²) in [5, 5.41) is 9.27. The van der Waals surface area contributed by atoms with Gasteiger partial charge < -0.3 is 19.5 Å². The highest BCUT2D eigenvalue weighted by Gasteiger charge is 2.17. The highest BCUT2D eigenvalue weighted by molar-refractivity contribution is 5.95. The molecule has 1 amide bonds. The molecule has 0 fully saturated rings. The Hall–Kier alpha value is -2.53. The van der Waals surface area contributed by atoms with Gasteiger partial charge in [0.15, 0.2) is 0 Å². The lowest BCUT2D eigenvalue weighted by Crippen LogP contribution is -2.33. The Bertz CT molecular complexity index is 620. The van der Waals surface area contributed by atoms with Crippen molar-refractivity contribution in [3.05, 3.63) is 59.7 Å². The van der Waals surface area contributed by atoms with E-state index in [0.29, 0.717) is 23.6 Å². The largest absolute Gasteiger partial charge is 0.497 e. The van der Waals surface area contributed by atoms with Gasteiger partial charge in [-0.1, -0.05) is 30.3 Å². The van der Waals surface area contributed by atoms with Crippen molar-refractivity contribution in [3.8, 4) is 11.5 Å².